The number of nitrogens with two attached hydrogens (primary N) is 1. The minimum atomic E-state index is 0.0289. The van der Waals surface area contributed by atoms with E-state index in [9.17, 15) is 0 Å². The maximum Gasteiger partial charge on any atom is 0.0545 e. The number of halogens is 1. The summed E-state index contributed by atoms with van der Waals surface area (Å²) in [5.74, 6) is 0. The Labute approximate surface area is 111 Å². The standard InChI is InChI=1S/C14H14ClNS/c1-10(16)11-6-2-4-8-13(11)17-14-9-5-3-7-12(14)15/h2-10H,16H2,1H3. The maximum atomic E-state index is 6.15. The van der Waals surface area contributed by atoms with Crippen LogP contribution in [0.2, 0.25) is 5.02 Å². The van der Waals surface area contributed by atoms with Gasteiger partial charge in [0.2, 0.25) is 0 Å². The van der Waals surface area contributed by atoms with Crippen molar-refractivity contribution in [2.45, 2.75) is 22.8 Å². The lowest BCUT2D eigenvalue weighted by Gasteiger charge is -2.12. The molecule has 0 bridgehead atoms. The van der Waals surface area contributed by atoms with Crippen LogP contribution in [0.25, 0.3) is 0 Å². The first kappa shape index (κ1) is 12.5. The van der Waals surface area contributed by atoms with Gasteiger partial charge in [0, 0.05) is 15.8 Å². The van der Waals surface area contributed by atoms with Crippen LogP contribution < -0.4 is 5.73 Å². The highest BCUT2D eigenvalue weighted by Gasteiger charge is 2.08. The third-order valence-corrected chi connectivity index (χ3v) is 4.08. The van der Waals surface area contributed by atoms with Crippen LogP contribution in [0.5, 0.6) is 0 Å². The minimum absolute atomic E-state index is 0.0289. The third-order valence-electron chi connectivity index (χ3n) is 2.47. The van der Waals surface area contributed by atoms with E-state index in [0.29, 0.717) is 0 Å². The molecule has 1 nitrogen and oxygen atoms in total. The summed E-state index contributed by atoms with van der Waals surface area (Å²) in [6.07, 6.45) is 0. The van der Waals surface area contributed by atoms with Crippen molar-refractivity contribution in [3.05, 3.63) is 59.1 Å². The van der Waals surface area contributed by atoms with Crippen molar-refractivity contribution in [3.63, 3.8) is 0 Å². The van der Waals surface area contributed by atoms with E-state index in [0.717, 1.165) is 20.4 Å². The van der Waals surface area contributed by atoms with Crippen molar-refractivity contribution in [2.75, 3.05) is 0 Å². The molecule has 0 amide bonds. The van der Waals surface area contributed by atoms with Crippen LogP contribution in [-0.4, -0.2) is 0 Å². The van der Waals surface area contributed by atoms with Crippen molar-refractivity contribution in [3.8, 4) is 0 Å². The van der Waals surface area contributed by atoms with Gasteiger partial charge in [-0.05, 0) is 30.7 Å². The molecule has 0 saturated heterocycles. The molecule has 0 heterocycles. The fraction of sp³-hybridized carbons (Fsp3) is 0.143. The monoisotopic (exact) mass is 263 g/mol. The normalized spacial score (nSPS) is 12.4. The molecule has 3 heteroatoms. The van der Waals surface area contributed by atoms with Gasteiger partial charge in [-0.1, -0.05) is 53.7 Å². The molecule has 2 aromatic rings. The molecular weight excluding hydrogens is 250 g/mol. The zero-order valence-electron chi connectivity index (χ0n) is 9.56. The molecular formula is C14H14ClNS. The van der Waals surface area contributed by atoms with Gasteiger partial charge in [-0.3, -0.25) is 0 Å². The number of hydrogen-bond donors (Lipinski definition) is 1. The van der Waals surface area contributed by atoms with E-state index in [2.05, 4.69) is 12.1 Å². The summed E-state index contributed by atoms with van der Waals surface area (Å²) < 4.78 is 0. The lowest BCUT2D eigenvalue weighted by Crippen LogP contribution is -2.05. The summed E-state index contributed by atoms with van der Waals surface area (Å²) in [6.45, 7) is 1.99. The minimum Gasteiger partial charge on any atom is -0.324 e. The smallest absolute Gasteiger partial charge is 0.0545 e. The average Bonchev–Trinajstić information content (AvgIpc) is 2.32. The largest absolute Gasteiger partial charge is 0.324 e. The first-order valence-corrected chi connectivity index (χ1v) is 6.65. The summed E-state index contributed by atoms with van der Waals surface area (Å²) in [7, 11) is 0. The SMILES string of the molecule is CC(N)c1ccccc1Sc1ccccc1Cl. The second-order valence-corrected chi connectivity index (χ2v) is 5.35. The van der Waals surface area contributed by atoms with Crippen LogP contribution >= 0.6 is 23.4 Å². The van der Waals surface area contributed by atoms with Crippen molar-refractivity contribution < 1.29 is 0 Å². The van der Waals surface area contributed by atoms with Gasteiger partial charge in [-0.25, -0.2) is 0 Å². The zero-order chi connectivity index (χ0) is 12.3. The van der Waals surface area contributed by atoms with E-state index in [1.807, 2.05) is 43.3 Å². The highest BCUT2D eigenvalue weighted by atomic mass is 35.5. The quantitative estimate of drug-likeness (QED) is 0.882. The fourth-order valence-electron chi connectivity index (χ4n) is 1.60. The molecule has 2 rings (SSSR count). The van der Waals surface area contributed by atoms with Crippen LogP contribution in [-0.2, 0) is 0 Å². The molecule has 0 saturated carbocycles. The van der Waals surface area contributed by atoms with Gasteiger partial charge >= 0.3 is 0 Å². The Balaban J connectivity index is 2.34. The molecule has 0 aliphatic rings. The van der Waals surface area contributed by atoms with Gasteiger partial charge in [-0.2, -0.15) is 0 Å². The molecule has 2 aromatic carbocycles. The molecule has 0 spiro atoms. The fourth-order valence-corrected chi connectivity index (χ4v) is 2.91. The van der Waals surface area contributed by atoms with E-state index >= 15 is 0 Å². The lowest BCUT2D eigenvalue weighted by atomic mass is 10.1. The number of benzene rings is 2. The maximum absolute atomic E-state index is 6.15. The summed E-state index contributed by atoms with van der Waals surface area (Å²) in [5.41, 5.74) is 7.11. The first-order valence-electron chi connectivity index (χ1n) is 5.45. The molecule has 88 valence electrons. The van der Waals surface area contributed by atoms with E-state index in [1.165, 1.54) is 0 Å². The van der Waals surface area contributed by atoms with Crippen molar-refractivity contribution in [1.82, 2.24) is 0 Å². The summed E-state index contributed by atoms with van der Waals surface area (Å²) in [6, 6.07) is 16.0. The van der Waals surface area contributed by atoms with E-state index in [1.54, 1.807) is 11.8 Å². The second kappa shape index (κ2) is 5.58. The Hall–Kier alpha value is -0.960. The molecule has 0 radical (unpaired) electrons. The topological polar surface area (TPSA) is 26.0 Å². The Morgan fingerprint density at radius 2 is 1.59 bits per heavy atom. The molecule has 2 N–H and O–H groups in total. The molecule has 0 aromatic heterocycles. The van der Waals surface area contributed by atoms with Gasteiger partial charge in [-0.15, -0.1) is 0 Å². The highest BCUT2D eigenvalue weighted by molar-refractivity contribution is 7.99. The summed E-state index contributed by atoms with van der Waals surface area (Å²) in [4.78, 5) is 2.22. The van der Waals surface area contributed by atoms with Gasteiger partial charge in [0.1, 0.15) is 0 Å². The summed E-state index contributed by atoms with van der Waals surface area (Å²) >= 11 is 7.81. The summed E-state index contributed by atoms with van der Waals surface area (Å²) in [5, 5.41) is 0.775. The Kier molecular flexibility index (Phi) is 4.11. The number of rotatable bonds is 3. The van der Waals surface area contributed by atoms with Crippen LogP contribution in [0.4, 0.5) is 0 Å². The van der Waals surface area contributed by atoms with Gasteiger partial charge < -0.3 is 5.73 Å². The van der Waals surface area contributed by atoms with Gasteiger partial charge in [0.15, 0.2) is 0 Å². The van der Waals surface area contributed by atoms with Crippen molar-refractivity contribution >= 4 is 23.4 Å². The predicted molar refractivity (Wildman–Crippen MR) is 74.6 cm³/mol. The Morgan fingerprint density at radius 3 is 2.24 bits per heavy atom. The van der Waals surface area contributed by atoms with Crippen LogP contribution in [0, 0.1) is 0 Å². The van der Waals surface area contributed by atoms with E-state index < -0.39 is 0 Å². The van der Waals surface area contributed by atoms with E-state index in [4.69, 9.17) is 17.3 Å². The second-order valence-electron chi connectivity index (χ2n) is 3.86. The molecule has 0 fully saturated rings. The third kappa shape index (κ3) is 3.03. The van der Waals surface area contributed by atoms with Gasteiger partial charge in [0.05, 0.1) is 5.02 Å². The van der Waals surface area contributed by atoms with Crippen LogP contribution in [0.15, 0.2) is 58.3 Å². The lowest BCUT2D eigenvalue weighted by molar-refractivity contribution is 0.797. The highest BCUT2D eigenvalue weighted by Crippen LogP contribution is 2.36. The average molecular weight is 264 g/mol. The van der Waals surface area contributed by atoms with Crippen LogP contribution in [0.1, 0.15) is 18.5 Å². The van der Waals surface area contributed by atoms with Crippen molar-refractivity contribution in [1.29, 1.82) is 0 Å². The van der Waals surface area contributed by atoms with E-state index in [-0.39, 0.29) is 6.04 Å². The molecule has 17 heavy (non-hydrogen) atoms. The van der Waals surface area contributed by atoms with Crippen molar-refractivity contribution in [2.24, 2.45) is 5.73 Å². The molecule has 1 unspecified atom stereocenters. The zero-order valence-corrected chi connectivity index (χ0v) is 11.1. The Bertz CT molecular complexity index is 511. The number of hydrogen-bond acceptors (Lipinski definition) is 2. The first-order chi connectivity index (χ1) is 8.18. The Morgan fingerprint density at radius 1 is 1.00 bits per heavy atom. The molecule has 0 aliphatic heterocycles. The molecule has 0 aliphatic carbocycles. The predicted octanol–water partition coefficient (Wildman–Crippen LogP) is 4.51. The van der Waals surface area contributed by atoms with Crippen LogP contribution in [0.3, 0.4) is 0 Å². The van der Waals surface area contributed by atoms with Gasteiger partial charge in [0.25, 0.3) is 0 Å². The molecule has 1 atom stereocenters.